The van der Waals surface area contributed by atoms with Crippen molar-refractivity contribution in [2.75, 3.05) is 39.5 Å². The molecule has 1 aliphatic heterocycles. The number of hydrogen-bond donors (Lipinski definition) is 1. The van der Waals surface area contributed by atoms with Crippen LogP contribution in [0.5, 0.6) is 11.5 Å². The van der Waals surface area contributed by atoms with Crippen LogP contribution in [0.4, 0.5) is 0 Å². The van der Waals surface area contributed by atoms with Crippen molar-refractivity contribution in [1.82, 2.24) is 9.21 Å². The van der Waals surface area contributed by atoms with E-state index < -0.39 is 10.0 Å². The number of phenolic OH excluding ortho intramolecular Hbond substituents is 1. The molecule has 2 aromatic carbocycles. The van der Waals surface area contributed by atoms with Gasteiger partial charge in [-0.05, 0) is 24.3 Å². The van der Waals surface area contributed by atoms with E-state index in [0.29, 0.717) is 66.1 Å². The summed E-state index contributed by atoms with van der Waals surface area (Å²) in [6.07, 6.45) is 2.62. The van der Waals surface area contributed by atoms with Gasteiger partial charge in [0.2, 0.25) is 10.0 Å². The molecule has 9 heteroatoms. The molecule has 3 aromatic rings. The highest BCUT2D eigenvalue weighted by atomic mass is 32.2. The standard InChI is InChI=1S/C22H24N2O6S/c1-29-16-5-3-4-15(12-16)22(26)18-14-30-20-7-6-19(25)17(21(18)20)13-23-8-10-24(11-9-23)31(2,27)28/h3-7,12,14,25H,8-11,13H2,1-2H3. The molecule has 0 aliphatic carbocycles. The Morgan fingerprint density at radius 2 is 1.90 bits per heavy atom. The third kappa shape index (κ3) is 4.30. The lowest BCUT2D eigenvalue weighted by Gasteiger charge is -2.33. The van der Waals surface area contributed by atoms with Gasteiger partial charge in [0.05, 0.1) is 18.9 Å². The zero-order valence-electron chi connectivity index (χ0n) is 17.4. The fraction of sp³-hybridized carbons (Fsp3) is 0.318. The van der Waals surface area contributed by atoms with Gasteiger partial charge < -0.3 is 14.3 Å². The molecule has 0 bridgehead atoms. The van der Waals surface area contributed by atoms with Crippen LogP contribution in [0.2, 0.25) is 0 Å². The van der Waals surface area contributed by atoms with Crippen LogP contribution in [-0.4, -0.2) is 68.1 Å². The van der Waals surface area contributed by atoms with Crippen molar-refractivity contribution in [2.45, 2.75) is 6.54 Å². The lowest BCUT2D eigenvalue weighted by molar-refractivity contribution is 0.103. The molecule has 0 amide bonds. The Kier molecular flexibility index (Phi) is 5.74. The number of nitrogens with zero attached hydrogens (tertiary/aromatic N) is 2. The van der Waals surface area contributed by atoms with Gasteiger partial charge in [0, 0.05) is 49.2 Å². The van der Waals surface area contributed by atoms with Crippen LogP contribution >= 0.6 is 0 Å². The lowest BCUT2D eigenvalue weighted by atomic mass is 9.98. The summed E-state index contributed by atoms with van der Waals surface area (Å²) < 4.78 is 35.8. The molecule has 0 saturated carbocycles. The van der Waals surface area contributed by atoms with E-state index in [0.717, 1.165) is 0 Å². The Hall–Kier alpha value is -2.88. The number of fused-ring (bicyclic) bond motifs is 1. The average Bonchev–Trinajstić information content (AvgIpc) is 3.19. The third-order valence-corrected chi connectivity index (χ3v) is 6.88. The first-order valence-corrected chi connectivity index (χ1v) is 11.7. The molecule has 164 valence electrons. The quantitative estimate of drug-likeness (QED) is 0.583. The maximum absolute atomic E-state index is 13.2. The van der Waals surface area contributed by atoms with Gasteiger partial charge in [-0.1, -0.05) is 12.1 Å². The molecule has 1 saturated heterocycles. The van der Waals surface area contributed by atoms with Gasteiger partial charge in [-0.2, -0.15) is 4.31 Å². The highest BCUT2D eigenvalue weighted by Crippen LogP contribution is 2.34. The van der Waals surface area contributed by atoms with Crippen molar-refractivity contribution in [3.63, 3.8) is 0 Å². The number of benzene rings is 2. The molecule has 4 rings (SSSR count). The van der Waals surface area contributed by atoms with Crippen LogP contribution in [-0.2, 0) is 16.6 Å². The predicted octanol–water partition coefficient (Wildman–Crippen LogP) is 2.46. The van der Waals surface area contributed by atoms with Gasteiger partial charge in [0.15, 0.2) is 5.78 Å². The minimum absolute atomic E-state index is 0.0686. The first kappa shape index (κ1) is 21.4. The second kappa shape index (κ2) is 8.33. The summed E-state index contributed by atoms with van der Waals surface area (Å²) >= 11 is 0. The molecule has 0 unspecified atom stereocenters. The van der Waals surface area contributed by atoms with Gasteiger partial charge in [-0.25, -0.2) is 8.42 Å². The predicted molar refractivity (Wildman–Crippen MR) is 116 cm³/mol. The van der Waals surface area contributed by atoms with Crippen LogP contribution in [0.3, 0.4) is 0 Å². The third-order valence-electron chi connectivity index (χ3n) is 5.58. The van der Waals surface area contributed by atoms with Gasteiger partial charge >= 0.3 is 0 Å². The number of furan rings is 1. The molecular formula is C22H24N2O6S. The molecular weight excluding hydrogens is 420 g/mol. The van der Waals surface area contributed by atoms with Crippen LogP contribution in [0.25, 0.3) is 11.0 Å². The Morgan fingerprint density at radius 1 is 1.16 bits per heavy atom. The first-order valence-electron chi connectivity index (χ1n) is 9.86. The molecule has 1 N–H and O–H groups in total. The van der Waals surface area contributed by atoms with Crippen LogP contribution < -0.4 is 4.74 Å². The Morgan fingerprint density at radius 3 is 2.58 bits per heavy atom. The van der Waals surface area contributed by atoms with E-state index >= 15 is 0 Å². The summed E-state index contributed by atoms with van der Waals surface area (Å²) in [5, 5.41) is 11.2. The summed E-state index contributed by atoms with van der Waals surface area (Å²) in [5.41, 5.74) is 1.92. The van der Waals surface area contributed by atoms with Crippen LogP contribution in [0.1, 0.15) is 21.5 Å². The van der Waals surface area contributed by atoms with Crippen molar-refractivity contribution in [3.8, 4) is 11.5 Å². The number of ketones is 1. The van der Waals surface area contributed by atoms with Crippen molar-refractivity contribution < 1.29 is 27.5 Å². The number of sulfonamides is 1. The number of methoxy groups -OCH3 is 1. The van der Waals surface area contributed by atoms with E-state index in [-0.39, 0.29) is 11.5 Å². The first-order chi connectivity index (χ1) is 14.8. The van der Waals surface area contributed by atoms with Gasteiger partial charge in [0.1, 0.15) is 23.3 Å². The van der Waals surface area contributed by atoms with Crippen LogP contribution in [0.15, 0.2) is 47.1 Å². The molecule has 1 fully saturated rings. The number of carbonyl (C=O) groups is 1. The Labute approximate surface area is 180 Å². The minimum Gasteiger partial charge on any atom is -0.508 e. The summed E-state index contributed by atoms with van der Waals surface area (Å²) in [7, 11) is -1.68. The lowest BCUT2D eigenvalue weighted by Crippen LogP contribution is -2.47. The zero-order chi connectivity index (χ0) is 22.2. The van der Waals surface area contributed by atoms with E-state index in [1.54, 1.807) is 36.4 Å². The van der Waals surface area contributed by atoms with Crippen molar-refractivity contribution >= 4 is 26.8 Å². The number of ether oxygens (including phenoxy) is 1. The van der Waals surface area contributed by atoms with Crippen molar-refractivity contribution in [2.24, 2.45) is 0 Å². The second-order valence-corrected chi connectivity index (χ2v) is 9.57. The van der Waals surface area contributed by atoms with Gasteiger partial charge in [-0.15, -0.1) is 0 Å². The van der Waals surface area contributed by atoms with Crippen molar-refractivity contribution in [3.05, 3.63) is 59.4 Å². The molecule has 0 atom stereocenters. The number of phenols is 1. The summed E-state index contributed by atoms with van der Waals surface area (Å²) in [4.78, 5) is 15.3. The summed E-state index contributed by atoms with van der Waals surface area (Å²) in [5.74, 6) is 0.413. The van der Waals surface area contributed by atoms with Gasteiger partial charge in [0.25, 0.3) is 0 Å². The number of aromatic hydroxyl groups is 1. The second-order valence-electron chi connectivity index (χ2n) is 7.59. The summed E-state index contributed by atoms with van der Waals surface area (Å²) in [6, 6.07) is 10.1. The Balaban J connectivity index is 1.66. The number of piperazine rings is 1. The molecule has 1 aliphatic rings. The molecule has 1 aromatic heterocycles. The monoisotopic (exact) mass is 444 g/mol. The fourth-order valence-corrected chi connectivity index (χ4v) is 4.71. The molecule has 0 radical (unpaired) electrons. The highest BCUT2D eigenvalue weighted by molar-refractivity contribution is 7.88. The van der Waals surface area contributed by atoms with E-state index in [4.69, 9.17) is 9.15 Å². The number of hydrogen-bond acceptors (Lipinski definition) is 7. The molecule has 31 heavy (non-hydrogen) atoms. The maximum atomic E-state index is 13.2. The molecule has 0 spiro atoms. The molecule has 8 nitrogen and oxygen atoms in total. The smallest absolute Gasteiger partial charge is 0.211 e. The number of carbonyl (C=O) groups excluding carboxylic acids is 1. The number of rotatable bonds is 6. The molecule has 2 heterocycles. The zero-order valence-corrected chi connectivity index (χ0v) is 18.2. The van der Waals surface area contributed by atoms with E-state index in [1.807, 2.05) is 0 Å². The van der Waals surface area contributed by atoms with E-state index in [2.05, 4.69) is 4.90 Å². The average molecular weight is 445 g/mol. The topological polar surface area (TPSA) is 100 Å². The normalized spacial score (nSPS) is 15.9. The Bertz CT molecular complexity index is 1230. The van der Waals surface area contributed by atoms with E-state index in [9.17, 15) is 18.3 Å². The largest absolute Gasteiger partial charge is 0.508 e. The van der Waals surface area contributed by atoms with Crippen molar-refractivity contribution in [1.29, 1.82) is 0 Å². The fourth-order valence-electron chi connectivity index (χ4n) is 3.88. The van der Waals surface area contributed by atoms with Gasteiger partial charge in [-0.3, -0.25) is 9.69 Å². The van der Waals surface area contributed by atoms with E-state index in [1.165, 1.54) is 23.9 Å². The highest BCUT2D eigenvalue weighted by Gasteiger charge is 2.26. The maximum Gasteiger partial charge on any atom is 0.211 e. The SMILES string of the molecule is COc1cccc(C(=O)c2coc3ccc(O)c(CN4CCN(S(C)(=O)=O)CC4)c23)c1. The minimum atomic E-state index is -3.22. The van der Waals surface area contributed by atoms with Crippen LogP contribution in [0, 0.1) is 0 Å². The summed E-state index contributed by atoms with van der Waals surface area (Å²) in [6.45, 7) is 2.20.